The van der Waals surface area contributed by atoms with E-state index in [0.29, 0.717) is 18.8 Å². The number of benzene rings is 1. The summed E-state index contributed by atoms with van der Waals surface area (Å²) in [6.07, 6.45) is 1.37. The molecule has 2 rings (SSSR count). The average molecular weight is 454 g/mol. The lowest BCUT2D eigenvalue weighted by atomic mass is 10.1. The van der Waals surface area contributed by atoms with Crippen LogP contribution in [0.15, 0.2) is 29.3 Å². The molecule has 31 heavy (non-hydrogen) atoms. The number of esters is 1. The molecule has 0 fully saturated rings. The monoisotopic (exact) mass is 453 g/mol. The number of carbonyl (C=O) groups excluding carboxylic acids is 2. The van der Waals surface area contributed by atoms with E-state index < -0.39 is 21.9 Å². The van der Waals surface area contributed by atoms with Gasteiger partial charge in [-0.2, -0.15) is 4.31 Å². The smallest absolute Gasteiger partial charge is 0.340 e. The molecule has 0 aliphatic carbocycles. The van der Waals surface area contributed by atoms with E-state index in [2.05, 4.69) is 5.32 Å². The lowest BCUT2D eigenvalue weighted by Gasteiger charge is -2.17. The van der Waals surface area contributed by atoms with Crippen molar-refractivity contribution in [1.29, 1.82) is 0 Å². The van der Waals surface area contributed by atoms with Gasteiger partial charge in [0.25, 0.3) is 5.91 Å². The molecule has 0 radical (unpaired) electrons. The van der Waals surface area contributed by atoms with Crippen LogP contribution in [-0.2, 0) is 21.8 Å². The first-order valence-corrected chi connectivity index (χ1v) is 10.9. The summed E-state index contributed by atoms with van der Waals surface area (Å²) in [7, 11) is 1.88. The SMILES string of the molecule is CCN(CC)S(=O)(=O)c1cc(C(=O)Nc2cc(OC)c(OC)cc2C(=O)OC)n(C)c1. The van der Waals surface area contributed by atoms with Gasteiger partial charge in [0.1, 0.15) is 10.6 Å². The second kappa shape index (κ2) is 9.84. The molecule has 0 aliphatic heterocycles. The fourth-order valence-corrected chi connectivity index (χ4v) is 4.59. The molecule has 1 N–H and O–H groups in total. The Bertz CT molecular complexity index is 1070. The number of hydrogen-bond acceptors (Lipinski definition) is 7. The maximum absolute atomic E-state index is 12.9. The number of nitrogens with one attached hydrogen (secondary N) is 1. The van der Waals surface area contributed by atoms with Gasteiger partial charge < -0.3 is 24.1 Å². The number of anilines is 1. The summed E-state index contributed by atoms with van der Waals surface area (Å²) in [5.74, 6) is -0.719. The molecule has 0 aliphatic rings. The van der Waals surface area contributed by atoms with E-state index in [0.717, 1.165) is 0 Å². The summed E-state index contributed by atoms with van der Waals surface area (Å²) in [4.78, 5) is 25.1. The van der Waals surface area contributed by atoms with Gasteiger partial charge in [-0.25, -0.2) is 13.2 Å². The number of aromatic nitrogens is 1. The standard InChI is InChI=1S/C20H27N3O7S/c1-7-23(8-2)31(26,27)13-9-16(22(3)12-13)19(24)21-15-11-18(29-5)17(28-4)10-14(15)20(25)30-6/h9-12H,7-8H2,1-6H3,(H,21,24). The first-order chi connectivity index (χ1) is 14.6. The summed E-state index contributed by atoms with van der Waals surface area (Å²) in [5.41, 5.74) is 0.277. The molecular formula is C20H27N3O7S. The van der Waals surface area contributed by atoms with Crippen LogP contribution < -0.4 is 14.8 Å². The molecule has 0 unspecified atom stereocenters. The molecule has 0 saturated carbocycles. The van der Waals surface area contributed by atoms with Gasteiger partial charge in [-0.1, -0.05) is 13.8 Å². The number of hydrogen-bond donors (Lipinski definition) is 1. The second-order valence-electron chi connectivity index (χ2n) is 6.46. The van der Waals surface area contributed by atoms with Crippen LogP contribution in [0.2, 0.25) is 0 Å². The Morgan fingerprint density at radius 3 is 2.13 bits per heavy atom. The van der Waals surface area contributed by atoms with Crippen molar-refractivity contribution in [3.05, 3.63) is 35.7 Å². The Morgan fingerprint density at radius 1 is 1.03 bits per heavy atom. The van der Waals surface area contributed by atoms with E-state index in [4.69, 9.17) is 14.2 Å². The van der Waals surface area contributed by atoms with Gasteiger partial charge in [-0.15, -0.1) is 0 Å². The van der Waals surface area contributed by atoms with Crippen molar-refractivity contribution in [2.45, 2.75) is 18.7 Å². The van der Waals surface area contributed by atoms with Crippen molar-refractivity contribution >= 4 is 27.6 Å². The van der Waals surface area contributed by atoms with Crippen molar-refractivity contribution in [3.8, 4) is 11.5 Å². The molecule has 10 nitrogen and oxygen atoms in total. The van der Waals surface area contributed by atoms with E-state index in [1.54, 1.807) is 20.9 Å². The Kier molecular flexibility index (Phi) is 7.69. The van der Waals surface area contributed by atoms with E-state index in [-0.39, 0.29) is 27.6 Å². The van der Waals surface area contributed by atoms with Crippen LogP contribution >= 0.6 is 0 Å². The number of ether oxygens (including phenoxy) is 3. The highest BCUT2D eigenvalue weighted by atomic mass is 32.2. The zero-order valence-electron chi connectivity index (χ0n) is 18.4. The van der Waals surface area contributed by atoms with Crippen LogP contribution in [0, 0.1) is 0 Å². The molecular weight excluding hydrogens is 426 g/mol. The maximum atomic E-state index is 12.9. The lowest BCUT2D eigenvalue weighted by Crippen LogP contribution is -2.30. The van der Waals surface area contributed by atoms with Crippen molar-refractivity contribution < 1.29 is 32.2 Å². The molecule has 0 atom stereocenters. The average Bonchev–Trinajstić information content (AvgIpc) is 3.16. The molecule has 2 aromatic rings. The Hall–Kier alpha value is -3.05. The quantitative estimate of drug-likeness (QED) is 0.578. The number of carbonyl (C=O) groups is 2. The Labute approximate surface area is 181 Å². The van der Waals surface area contributed by atoms with Gasteiger partial charge in [0, 0.05) is 38.5 Å². The molecule has 1 aromatic carbocycles. The first kappa shape index (κ1) is 24.2. The molecule has 1 heterocycles. The number of methoxy groups -OCH3 is 3. The summed E-state index contributed by atoms with van der Waals surface area (Å²) >= 11 is 0. The van der Waals surface area contributed by atoms with Crippen LogP contribution in [0.3, 0.4) is 0 Å². The molecule has 11 heteroatoms. The van der Waals surface area contributed by atoms with Gasteiger partial charge >= 0.3 is 5.97 Å². The Balaban J connectivity index is 2.47. The summed E-state index contributed by atoms with van der Waals surface area (Å²) < 4.78 is 43.5. The molecule has 1 amide bonds. The van der Waals surface area contributed by atoms with Crippen LogP contribution in [0.25, 0.3) is 0 Å². The zero-order valence-corrected chi connectivity index (χ0v) is 19.2. The third-order valence-corrected chi connectivity index (χ3v) is 6.75. The second-order valence-corrected chi connectivity index (χ2v) is 8.40. The van der Waals surface area contributed by atoms with Crippen LogP contribution in [0.1, 0.15) is 34.7 Å². The van der Waals surface area contributed by atoms with Crippen molar-refractivity contribution in [2.24, 2.45) is 7.05 Å². The summed E-state index contributed by atoms with van der Waals surface area (Å²) in [6, 6.07) is 4.11. The largest absolute Gasteiger partial charge is 0.493 e. The van der Waals surface area contributed by atoms with E-state index in [1.807, 2.05) is 0 Å². The zero-order chi connectivity index (χ0) is 23.3. The maximum Gasteiger partial charge on any atom is 0.340 e. The van der Waals surface area contributed by atoms with Crippen LogP contribution in [0.5, 0.6) is 11.5 Å². The van der Waals surface area contributed by atoms with E-state index in [9.17, 15) is 18.0 Å². The van der Waals surface area contributed by atoms with Crippen LogP contribution in [0.4, 0.5) is 5.69 Å². The van der Waals surface area contributed by atoms with Crippen LogP contribution in [-0.4, -0.2) is 63.6 Å². The van der Waals surface area contributed by atoms with E-state index >= 15 is 0 Å². The number of nitrogens with zero attached hydrogens (tertiary/aromatic N) is 2. The van der Waals surface area contributed by atoms with Gasteiger partial charge in [0.05, 0.1) is 32.6 Å². The minimum atomic E-state index is -3.73. The topological polar surface area (TPSA) is 116 Å². The van der Waals surface area contributed by atoms with Crippen molar-refractivity contribution in [1.82, 2.24) is 8.87 Å². The molecule has 0 spiro atoms. The predicted molar refractivity (Wildman–Crippen MR) is 114 cm³/mol. The summed E-state index contributed by atoms with van der Waals surface area (Å²) in [6.45, 7) is 4.10. The minimum Gasteiger partial charge on any atom is -0.493 e. The van der Waals surface area contributed by atoms with Gasteiger partial charge in [-0.05, 0) is 6.07 Å². The minimum absolute atomic E-state index is 0.00403. The highest BCUT2D eigenvalue weighted by Crippen LogP contribution is 2.34. The fourth-order valence-electron chi connectivity index (χ4n) is 3.06. The highest BCUT2D eigenvalue weighted by molar-refractivity contribution is 7.89. The highest BCUT2D eigenvalue weighted by Gasteiger charge is 2.26. The Morgan fingerprint density at radius 2 is 1.61 bits per heavy atom. The third kappa shape index (κ3) is 4.83. The lowest BCUT2D eigenvalue weighted by molar-refractivity contribution is 0.0601. The van der Waals surface area contributed by atoms with Gasteiger partial charge in [-0.3, -0.25) is 4.79 Å². The first-order valence-electron chi connectivity index (χ1n) is 9.46. The van der Waals surface area contributed by atoms with Gasteiger partial charge in [0.2, 0.25) is 10.0 Å². The normalized spacial score (nSPS) is 11.3. The van der Waals surface area contributed by atoms with Gasteiger partial charge in [0.15, 0.2) is 11.5 Å². The number of rotatable bonds is 9. The predicted octanol–water partition coefficient (Wildman–Crippen LogP) is 2.11. The number of sulfonamides is 1. The third-order valence-electron chi connectivity index (χ3n) is 4.73. The van der Waals surface area contributed by atoms with E-state index in [1.165, 1.54) is 54.6 Å². The van der Waals surface area contributed by atoms with Crippen molar-refractivity contribution in [2.75, 3.05) is 39.7 Å². The molecule has 0 saturated heterocycles. The number of aryl methyl sites for hydroxylation is 1. The molecule has 1 aromatic heterocycles. The number of amides is 1. The fraction of sp³-hybridized carbons (Fsp3) is 0.400. The molecule has 170 valence electrons. The summed E-state index contributed by atoms with van der Waals surface area (Å²) in [5, 5.41) is 2.63. The van der Waals surface area contributed by atoms with Crippen molar-refractivity contribution in [3.63, 3.8) is 0 Å². The molecule has 0 bridgehead atoms.